The molecule has 0 radical (unpaired) electrons. The number of carbonyl (C=O) groups excluding carboxylic acids is 2. The van der Waals surface area contributed by atoms with Gasteiger partial charge in [0.2, 0.25) is 0 Å². The van der Waals surface area contributed by atoms with Gasteiger partial charge >= 0.3 is 12.1 Å². The van der Waals surface area contributed by atoms with E-state index in [0.29, 0.717) is 6.42 Å². The van der Waals surface area contributed by atoms with Crippen LogP contribution in [-0.4, -0.2) is 141 Å². The minimum Gasteiger partial charge on any atom is -0.469 e. The third-order valence-electron chi connectivity index (χ3n) is 8.61. The topological polar surface area (TPSA) is 68.8 Å². The van der Waals surface area contributed by atoms with E-state index in [4.69, 9.17) is 9.47 Å². The SMILES string of the molecule is COC(=O)CCCN1CCN(CC2CN(CCCCN3CCN(C4CCCCC4)CC3)C(=O)O2)CC1. The summed E-state index contributed by atoms with van der Waals surface area (Å²) < 4.78 is 10.4. The molecule has 1 unspecified atom stereocenters. The summed E-state index contributed by atoms with van der Waals surface area (Å²) in [6.45, 7) is 13.3. The number of amides is 1. The number of carbonyl (C=O) groups is 2. The van der Waals surface area contributed by atoms with Gasteiger partial charge in [-0.05, 0) is 45.2 Å². The summed E-state index contributed by atoms with van der Waals surface area (Å²) in [4.78, 5) is 35.7. The first-order chi connectivity index (χ1) is 17.6. The molecule has 0 N–H and O–H groups in total. The lowest BCUT2D eigenvalue weighted by molar-refractivity contribution is -0.140. The summed E-state index contributed by atoms with van der Waals surface area (Å²) in [6, 6.07) is 0.844. The van der Waals surface area contributed by atoms with E-state index in [1.807, 2.05) is 4.90 Å². The molecule has 4 aliphatic rings. The molecule has 0 bridgehead atoms. The van der Waals surface area contributed by atoms with Crippen molar-refractivity contribution < 1.29 is 19.1 Å². The van der Waals surface area contributed by atoms with Crippen molar-refractivity contribution in [3.8, 4) is 0 Å². The second-order valence-electron chi connectivity index (χ2n) is 11.2. The van der Waals surface area contributed by atoms with Crippen LogP contribution in [0.5, 0.6) is 0 Å². The molecule has 1 amide bonds. The van der Waals surface area contributed by atoms with Gasteiger partial charge in [0.05, 0.1) is 13.7 Å². The normalized spacial score (nSPS) is 25.9. The molecular weight excluding hydrogens is 458 g/mol. The Balaban J connectivity index is 1.03. The molecule has 4 rings (SSSR count). The van der Waals surface area contributed by atoms with Gasteiger partial charge in [0.1, 0.15) is 6.10 Å². The van der Waals surface area contributed by atoms with Gasteiger partial charge in [0.15, 0.2) is 0 Å². The quantitative estimate of drug-likeness (QED) is 0.294. The molecule has 9 nitrogen and oxygen atoms in total. The molecule has 4 fully saturated rings. The number of ether oxygens (including phenoxy) is 2. The second kappa shape index (κ2) is 14.5. The Bertz CT molecular complexity index is 673. The van der Waals surface area contributed by atoms with Gasteiger partial charge in [-0.1, -0.05) is 19.3 Å². The zero-order valence-corrected chi connectivity index (χ0v) is 22.6. The number of hydrogen-bond acceptors (Lipinski definition) is 8. The average molecular weight is 508 g/mol. The van der Waals surface area contributed by atoms with Crippen LogP contribution in [0.3, 0.4) is 0 Å². The average Bonchev–Trinajstić information content (AvgIpc) is 3.26. The maximum Gasteiger partial charge on any atom is 0.410 e. The number of esters is 1. The molecule has 1 aliphatic carbocycles. The van der Waals surface area contributed by atoms with Crippen LogP contribution in [0.1, 0.15) is 57.8 Å². The highest BCUT2D eigenvalue weighted by Gasteiger charge is 2.33. The van der Waals surface area contributed by atoms with Crippen molar-refractivity contribution in [2.24, 2.45) is 0 Å². The van der Waals surface area contributed by atoms with Crippen LogP contribution in [0.2, 0.25) is 0 Å². The van der Waals surface area contributed by atoms with E-state index in [2.05, 4.69) is 19.6 Å². The molecule has 0 aromatic rings. The fourth-order valence-corrected chi connectivity index (χ4v) is 6.32. The smallest absolute Gasteiger partial charge is 0.410 e. The van der Waals surface area contributed by atoms with Crippen molar-refractivity contribution in [1.29, 1.82) is 0 Å². The van der Waals surface area contributed by atoms with Gasteiger partial charge < -0.3 is 24.2 Å². The number of hydrogen-bond donors (Lipinski definition) is 0. The van der Waals surface area contributed by atoms with Crippen LogP contribution in [-0.2, 0) is 14.3 Å². The molecule has 36 heavy (non-hydrogen) atoms. The predicted molar refractivity (Wildman–Crippen MR) is 140 cm³/mol. The number of nitrogens with zero attached hydrogens (tertiary/aromatic N) is 5. The van der Waals surface area contributed by atoms with Crippen molar-refractivity contribution in [3.05, 3.63) is 0 Å². The van der Waals surface area contributed by atoms with E-state index < -0.39 is 0 Å². The Morgan fingerprint density at radius 2 is 1.44 bits per heavy atom. The predicted octanol–water partition coefficient (Wildman–Crippen LogP) is 2.11. The highest BCUT2D eigenvalue weighted by Crippen LogP contribution is 2.23. The lowest BCUT2D eigenvalue weighted by Crippen LogP contribution is -2.50. The van der Waals surface area contributed by atoms with Crippen molar-refractivity contribution in [1.82, 2.24) is 24.5 Å². The molecule has 206 valence electrons. The number of unbranched alkanes of at least 4 members (excludes halogenated alkanes) is 1. The zero-order chi connectivity index (χ0) is 25.2. The molecule has 1 saturated carbocycles. The molecule has 3 aliphatic heterocycles. The highest BCUT2D eigenvalue weighted by molar-refractivity contribution is 5.70. The maximum atomic E-state index is 12.4. The minimum absolute atomic E-state index is 0.0174. The van der Waals surface area contributed by atoms with E-state index in [1.165, 1.54) is 65.4 Å². The lowest BCUT2D eigenvalue weighted by atomic mass is 9.94. The number of rotatable bonds is 12. The van der Waals surface area contributed by atoms with Gasteiger partial charge in [-0.2, -0.15) is 0 Å². The standard InChI is InChI=1S/C27H49N5O4/c1-35-26(33)10-7-12-29-14-16-30(17-15-29)22-25-23-32(27(34)36-25)13-6-5-11-28-18-20-31(21-19-28)24-8-3-2-4-9-24/h24-25H,2-23H2,1H3. The molecule has 3 saturated heterocycles. The molecular formula is C27H49N5O4. The molecule has 0 aromatic carbocycles. The monoisotopic (exact) mass is 507 g/mol. The van der Waals surface area contributed by atoms with Crippen molar-refractivity contribution in [3.63, 3.8) is 0 Å². The summed E-state index contributed by atoms with van der Waals surface area (Å²) in [7, 11) is 1.44. The molecule has 9 heteroatoms. The maximum absolute atomic E-state index is 12.4. The Morgan fingerprint density at radius 1 is 0.833 bits per heavy atom. The zero-order valence-electron chi connectivity index (χ0n) is 22.6. The van der Waals surface area contributed by atoms with Gasteiger partial charge in [0.25, 0.3) is 0 Å². The first kappa shape index (κ1) is 27.6. The van der Waals surface area contributed by atoms with Gasteiger partial charge in [0, 0.05) is 77.9 Å². The third-order valence-corrected chi connectivity index (χ3v) is 8.61. The summed E-state index contributed by atoms with van der Waals surface area (Å²) in [5, 5.41) is 0. The molecule has 0 spiro atoms. The highest BCUT2D eigenvalue weighted by atomic mass is 16.6. The first-order valence-corrected chi connectivity index (χ1v) is 14.5. The Morgan fingerprint density at radius 3 is 2.14 bits per heavy atom. The summed E-state index contributed by atoms with van der Waals surface area (Å²) in [5.41, 5.74) is 0. The van der Waals surface area contributed by atoms with Crippen LogP contribution in [0.4, 0.5) is 4.79 Å². The van der Waals surface area contributed by atoms with Crippen LogP contribution in [0.15, 0.2) is 0 Å². The fraction of sp³-hybridized carbons (Fsp3) is 0.926. The molecule has 3 heterocycles. The van der Waals surface area contributed by atoms with E-state index in [1.54, 1.807) is 0 Å². The lowest BCUT2D eigenvalue weighted by Gasteiger charge is -2.40. The Kier molecular flexibility index (Phi) is 11.1. The van der Waals surface area contributed by atoms with Gasteiger partial charge in [-0.25, -0.2) is 4.79 Å². The number of methoxy groups -OCH3 is 1. The van der Waals surface area contributed by atoms with E-state index in [9.17, 15) is 9.59 Å². The largest absolute Gasteiger partial charge is 0.469 e. The summed E-state index contributed by atoms with van der Waals surface area (Å²) >= 11 is 0. The summed E-state index contributed by atoms with van der Waals surface area (Å²) in [6.07, 6.45) is 10.5. The van der Waals surface area contributed by atoms with Crippen molar-refractivity contribution in [2.45, 2.75) is 69.9 Å². The van der Waals surface area contributed by atoms with Crippen LogP contribution < -0.4 is 0 Å². The van der Waals surface area contributed by atoms with Gasteiger partial charge in [-0.15, -0.1) is 0 Å². The minimum atomic E-state index is -0.137. The Hall–Kier alpha value is -1.42. The van der Waals surface area contributed by atoms with Gasteiger partial charge in [-0.3, -0.25) is 14.6 Å². The van der Waals surface area contributed by atoms with Crippen LogP contribution in [0, 0.1) is 0 Å². The van der Waals surface area contributed by atoms with Crippen LogP contribution >= 0.6 is 0 Å². The Labute approximate surface area is 218 Å². The van der Waals surface area contributed by atoms with E-state index in [-0.39, 0.29) is 18.2 Å². The van der Waals surface area contributed by atoms with Crippen molar-refractivity contribution >= 4 is 12.1 Å². The third kappa shape index (κ3) is 8.57. The van der Waals surface area contributed by atoms with E-state index >= 15 is 0 Å². The molecule has 0 aromatic heterocycles. The number of cyclic esters (lactones) is 1. The molecule has 1 atom stereocenters. The number of piperazine rings is 2. The van der Waals surface area contributed by atoms with Crippen LogP contribution in [0.25, 0.3) is 0 Å². The van der Waals surface area contributed by atoms with E-state index in [0.717, 1.165) is 84.2 Å². The fourth-order valence-electron chi connectivity index (χ4n) is 6.32. The summed E-state index contributed by atoms with van der Waals surface area (Å²) in [5.74, 6) is -0.131. The second-order valence-corrected chi connectivity index (χ2v) is 11.2. The first-order valence-electron chi connectivity index (χ1n) is 14.5. The van der Waals surface area contributed by atoms with Crippen molar-refractivity contribution in [2.75, 3.05) is 92.2 Å².